The van der Waals surface area contributed by atoms with E-state index in [1.807, 2.05) is 19.1 Å². The standard InChI is InChI=1S/C22H23ClFN3O3S/c1-15-12-16(23)13-19-21(15)25-22(31-19)27(7-6-26-8-10-29-11-9-26)20(28)14-30-18-5-3-2-4-17(18)24/h2-5,12-13H,6-11,14H2,1H3. The molecule has 1 fully saturated rings. The van der Waals surface area contributed by atoms with Crippen molar-refractivity contribution in [2.75, 3.05) is 50.9 Å². The van der Waals surface area contributed by atoms with E-state index in [-0.39, 0.29) is 18.3 Å². The third-order valence-electron chi connectivity index (χ3n) is 5.10. The minimum Gasteiger partial charge on any atom is -0.481 e. The molecule has 2 heterocycles. The van der Waals surface area contributed by atoms with E-state index in [1.165, 1.54) is 23.5 Å². The van der Waals surface area contributed by atoms with Crippen LogP contribution in [0.2, 0.25) is 5.02 Å². The fraction of sp³-hybridized carbons (Fsp3) is 0.364. The summed E-state index contributed by atoms with van der Waals surface area (Å²) in [4.78, 5) is 21.7. The average molecular weight is 464 g/mol. The number of aryl methyl sites for hydroxylation is 1. The number of anilines is 1. The first-order valence-corrected chi connectivity index (χ1v) is 11.2. The summed E-state index contributed by atoms with van der Waals surface area (Å²) >= 11 is 7.60. The molecule has 1 aromatic heterocycles. The van der Waals surface area contributed by atoms with Gasteiger partial charge in [-0.1, -0.05) is 35.1 Å². The molecule has 0 saturated carbocycles. The summed E-state index contributed by atoms with van der Waals surface area (Å²) in [6.07, 6.45) is 0. The van der Waals surface area contributed by atoms with Crippen molar-refractivity contribution in [2.45, 2.75) is 6.92 Å². The Kier molecular flexibility index (Phi) is 7.02. The molecule has 0 radical (unpaired) electrons. The van der Waals surface area contributed by atoms with Crippen molar-refractivity contribution in [3.63, 3.8) is 0 Å². The van der Waals surface area contributed by atoms with Crippen LogP contribution < -0.4 is 9.64 Å². The minimum absolute atomic E-state index is 0.0518. The van der Waals surface area contributed by atoms with E-state index >= 15 is 0 Å². The van der Waals surface area contributed by atoms with E-state index in [2.05, 4.69) is 4.90 Å². The Hall–Kier alpha value is -2.26. The number of aromatic nitrogens is 1. The molecule has 1 aliphatic heterocycles. The SMILES string of the molecule is Cc1cc(Cl)cc2sc(N(CCN3CCOCC3)C(=O)COc3ccccc3F)nc12. The van der Waals surface area contributed by atoms with Gasteiger partial charge in [-0.25, -0.2) is 9.37 Å². The summed E-state index contributed by atoms with van der Waals surface area (Å²) < 4.78 is 25.7. The second-order valence-corrected chi connectivity index (χ2v) is 8.73. The number of nitrogens with zero attached hydrogens (tertiary/aromatic N) is 3. The molecule has 4 rings (SSSR count). The Labute approximate surface area is 189 Å². The molecule has 0 spiro atoms. The maximum Gasteiger partial charge on any atom is 0.266 e. The zero-order valence-corrected chi connectivity index (χ0v) is 18.7. The van der Waals surface area contributed by atoms with Crippen LogP contribution in [0.4, 0.5) is 9.52 Å². The van der Waals surface area contributed by atoms with E-state index in [1.54, 1.807) is 17.0 Å². The highest BCUT2D eigenvalue weighted by atomic mass is 35.5. The molecule has 1 amide bonds. The second-order valence-electron chi connectivity index (χ2n) is 7.28. The van der Waals surface area contributed by atoms with Crippen LogP contribution in [0.15, 0.2) is 36.4 Å². The lowest BCUT2D eigenvalue weighted by atomic mass is 10.2. The van der Waals surface area contributed by atoms with Crippen LogP contribution in [0.25, 0.3) is 10.2 Å². The highest BCUT2D eigenvalue weighted by molar-refractivity contribution is 7.22. The van der Waals surface area contributed by atoms with Gasteiger partial charge in [-0.05, 0) is 36.8 Å². The van der Waals surface area contributed by atoms with Crippen LogP contribution in [0.3, 0.4) is 0 Å². The highest BCUT2D eigenvalue weighted by Crippen LogP contribution is 2.33. The van der Waals surface area contributed by atoms with Gasteiger partial charge in [0.05, 0.1) is 23.4 Å². The molecule has 0 atom stereocenters. The predicted octanol–water partition coefficient (Wildman–Crippen LogP) is 4.14. The Morgan fingerprint density at radius 3 is 2.87 bits per heavy atom. The number of halogens is 2. The molecule has 1 saturated heterocycles. The maximum atomic E-state index is 13.9. The maximum absolute atomic E-state index is 13.9. The molecule has 31 heavy (non-hydrogen) atoms. The summed E-state index contributed by atoms with van der Waals surface area (Å²) in [5.41, 5.74) is 1.77. The normalized spacial score (nSPS) is 14.7. The number of hydrogen-bond donors (Lipinski definition) is 0. The van der Waals surface area contributed by atoms with Crippen LogP contribution in [0.1, 0.15) is 5.56 Å². The summed E-state index contributed by atoms with van der Waals surface area (Å²) in [6, 6.07) is 9.76. The van der Waals surface area contributed by atoms with Crippen LogP contribution in [-0.4, -0.2) is 61.8 Å². The van der Waals surface area contributed by atoms with Gasteiger partial charge in [0.15, 0.2) is 23.3 Å². The summed E-state index contributed by atoms with van der Waals surface area (Å²) in [5.74, 6) is -0.726. The molecule has 6 nitrogen and oxygen atoms in total. The highest BCUT2D eigenvalue weighted by Gasteiger charge is 2.23. The minimum atomic E-state index is -0.500. The number of morpholine rings is 1. The Balaban J connectivity index is 1.55. The Morgan fingerprint density at radius 1 is 1.32 bits per heavy atom. The lowest BCUT2D eigenvalue weighted by molar-refractivity contribution is -0.120. The van der Waals surface area contributed by atoms with Crippen molar-refractivity contribution in [2.24, 2.45) is 0 Å². The zero-order valence-electron chi connectivity index (χ0n) is 17.1. The Morgan fingerprint density at radius 2 is 2.10 bits per heavy atom. The van der Waals surface area contributed by atoms with Gasteiger partial charge >= 0.3 is 0 Å². The molecule has 0 bridgehead atoms. The monoisotopic (exact) mass is 463 g/mol. The molecular weight excluding hydrogens is 441 g/mol. The van der Waals surface area contributed by atoms with Gasteiger partial charge < -0.3 is 9.47 Å². The van der Waals surface area contributed by atoms with Gasteiger partial charge in [0.2, 0.25) is 0 Å². The number of fused-ring (bicyclic) bond motifs is 1. The van der Waals surface area contributed by atoms with E-state index in [9.17, 15) is 9.18 Å². The van der Waals surface area contributed by atoms with Crippen LogP contribution in [0.5, 0.6) is 5.75 Å². The van der Waals surface area contributed by atoms with Crippen LogP contribution in [-0.2, 0) is 9.53 Å². The van der Waals surface area contributed by atoms with Gasteiger partial charge in [-0.2, -0.15) is 0 Å². The molecule has 3 aromatic rings. The summed E-state index contributed by atoms with van der Waals surface area (Å²) in [5, 5.41) is 1.21. The third kappa shape index (κ3) is 5.33. The van der Waals surface area contributed by atoms with E-state index in [0.29, 0.717) is 36.5 Å². The molecule has 0 aliphatic carbocycles. The Bertz CT molecular complexity index is 1070. The second kappa shape index (κ2) is 9.91. The number of carbonyl (C=O) groups excluding carboxylic acids is 1. The number of ether oxygens (including phenoxy) is 2. The van der Waals surface area contributed by atoms with Gasteiger partial charge in [0.25, 0.3) is 5.91 Å². The van der Waals surface area contributed by atoms with Crippen molar-refractivity contribution in [3.05, 3.63) is 52.8 Å². The van der Waals surface area contributed by atoms with Gasteiger partial charge in [0.1, 0.15) is 0 Å². The van der Waals surface area contributed by atoms with E-state index in [4.69, 9.17) is 26.1 Å². The van der Waals surface area contributed by atoms with Gasteiger partial charge in [-0.3, -0.25) is 14.6 Å². The van der Waals surface area contributed by atoms with Crippen molar-refractivity contribution >= 4 is 44.2 Å². The zero-order chi connectivity index (χ0) is 21.8. The smallest absolute Gasteiger partial charge is 0.266 e. The first-order chi connectivity index (χ1) is 15.0. The number of para-hydroxylation sites is 1. The average Bonchev–Trinajstić information content (AvgIpc) is 3.18. The van der Waals surface area contributed by atoms with Gasteiger partial charge in [0, 0.05) is 31.2 Å². The van der Waals surface area contributed by atoms with Crippen molar-refractivity contribution in [1.29, 1.82) is 0 Å². The summed E-state index contributed by atoms with van der Waals surface area (Å²) in [6.45, 7) is 5.81. The number of thiazole rings is 1. The molecule has 1 aliphatic rings. The van der Waals surface area contributed by atoms with Crippen molar-refractivity contribution in [3.8, 4) is 5.75 Å². The third-order valence-corrected chi connectivity index (χ3v) is 6.35. The van der Waals surface area contributed by atoms with Crippen LogP contribution in [0, 0.1) is 12.7 Å². The first-order valence-electron chi connectivity index (χ1n) is 10.1. The predicted molar refractivity (Wildman–Crippen MR) is 121 cm³/mol. The fourth-order valence-corrected chi connectivity index (χ4v) is 4.89. The number of hydrogen-bond acceptors (Lipinski definition) is 6. The van der Waals surface area contributed by atoms with E-state index in [0.717, 1.165) is 28.9 Å². The lowest BCUT2D eigenvalue weighted by Gasteiger charge is -2.29. The molecule has 9 heteroatoms. The topological polar surface area (TPSA) is 54.9 Å². The number of benzene rings is 2. The quantitative estimate of drug-likeness (QED) is 0.527. The molecular formula is C22H23ClFN3O3S. The molecule has 0 N–H and O–H groups in total. The summed E-state index contributed by atoms with van der Waals surface area (Å²) in [7, 11) is 0. The first kappa shape index (κ1) is 22.0. The van der Waals surface area contributed by atoms with E-state index < -0.39 is 5.82 Å². The molecule has 164 valence electrons. The molecule has 0 unspecified atom stereocenters. The largest absolute Gasteiger partial charge is 0.481 e. The number of carbonyl (C=O) groups is 1. The van der Waals surface area contributed by atoms with Crippen molar-refractivity contribution in [1.82, 2.24) is 9.88 Å². The fourth-order valence-electron chi connectivity index (χ4n) is 3.43. The lowest BCUT2D eigenvalue weighted by Crippen LogP contribution is -2.44. The number of rotatable bonds is 7. The number of amides is 1. The van der Waals surface area contributed by atoms with Crippen molar-refractivity contribution < 1.29 is 18.7 Å². The van der Waals surface area contributed by atoms with Gasteiger partial charge in [-0.15, -0.1) is 0 Å². The van der Waals surface area contributed by atoms with Crippen LogP contribution >= 0.6 is 22.9 Å². The molecule has 2 aromatic carbocycles.